The zero-order valence-electron chi connectivity index (χ0n) is 14.9. The van der Waals surface area contributed by atoms with Gasteiger partial charge in [-0.2, -0.15) is 22.0 Å². The molecule has 154 valence electrons. The number of nitrogens with zero attached hydrogens (tertiary/aromatic N) is 2. The third-order valence-corrected chi connectivity index (χ3v) is 4.20. The molecular weight excluding hydrogens is 402 g/mol. The van der Waals surface area contributed by atoms with Gasteiger partial charge in [0.15, 0.2) is 5.78 Å². The van der Waals surface area contributed by atoms with Gasteiger partial charge < -0.3 is 4.74 Å². The van der Waals surface area contributed by atoms with E-state index in [9.17, 15) is 31.1 Å². The number of aryl methyl sites for hydroxylation is 1. The van der Waals surface area contributed by atoms with Crippen molar-refractivity contribution in [3.8, 4) is 17.0 Å². The van der Waals surface area contributed by atoms with Gasteiger partial charge in [0, 0.05) is 24.2 Å². The number of ketones is 1. The van der Waals surface area contributed by atoms with E-state index < -0.39 is 43.0 Å². The van der Waals surface area contributed by atoms with Gasteiger partial charge in [0.05, 0.1) is 23.9 Å². The molecule has 0 saturated carbocycles. The zero-order chi connectivity index (χ0) is 21.3. The largest absolute Gasteiger partial charge is 0.434 e. The van der Waals surface area contributed by atoms with Crippen molar-refractivity contribution in [3.05, 3.63) is 53.6 Å². The number of alkyl halides is 5. The fourth-order valence-corrected chi connectivity index (χ4v) is 3.00. The lowest BCUT2D eigenvalue weighted by Gasteiger charge is -2.15. The molecule has 0 amide bonds. The first-order valence-corrected chi connectivity index (χ1v) is 8.37. The topological polar surface area (TPSA) is 43.6 Å². The molecule has 0 aliphatic heterocycles. The fraction of sp³-hybridized carbons (Fsp3) is 0.263. The van der Waals surface area contributed by atoms with Crippen LogP contribution in [0.25, 0.3) is 16.9 Å². The van der Waals surface area contributed by atoms with Crippen molar-refractivity contribution < 1.29 is 35.9 Å². The predicted molar refractivity (Wildman–Crippen MR) is 91.6 cm³/mol. The number of rotatable bonds is 6. The standard InChI is InChI=1S/C19H14F6N2O2/c1-10-6-11(13-9-26-16-8-12(20)3-5-27(13)16)7-15(29-18(21)22)17(10)14(28)2-4-19(23,24)25/h3,5-9,18H,2,4H2,1H3. The minimum absolute atomic E-state index is 0.169. The Bertz CT molecular complexity index is 1060. The second-order valence-electron chi connectivity index (χ2n) is 6.30. The maximum Gasteiger partial charge on any atom is 0.389 e. The summed E-state index contributed by atoms with van der Waals surface area (Å²) in [6.45, 7) is -1.87. The maximum absolute atomic E-state index is 13.3. The van der Waals surface area contributed by atoms with Crippen LogP contribution >= 0.6 is 0 Å². The molecule has 2 heterocycles. The molecule has 0 aliphatic carbocycles. The Morgan fingerprint density at radius 1 is 1.24 bits per heavy atom. The number of Topliss-reactive ketones (excluding diaryl/α,β-unsaturated/α-hetero) is 1. The van der Waals surface area contributed by atoms with Gasteiger partial charge in [0.1, 0.15) is 17.2 Å². The summed E-state index contributed by atoms with van der Waals surface area (Å²) in [5.74, 6) is -2.00. The average molecular weight is 416 g/mol. The molecule has 0 fully saturated rings. The summed E-state index contributed by atoms with van der Waals surface area (Å²) in [4.78, 5) is 16.3. The third kappa shape index (κ3) is 4.69. The molecule has 0 atom stereocenters. The lowest BCUT2D eigenvalue weighted by molar-refractivity contribution is -0.133. The zero-order valence-corrected chi connectivity index (χ0v) is 14.9. The first kappa shape index (κ1) is 20.7. The van der Waals surface area contributed by atoms with Crippen molar-refractivity contribution in [3.63, 3.8) is 0 Å². The van der Waals surface area contributed by atoms with E-state index in [0.717, 1.165) is 6.07 Å². The highest BCUT2D eigenvalue weighted by Gasteiger charge is 2.30. The summed E-state index contributed by atoms with van der Waals surface area (Å²) in [5.41, 5.74) is 0.820. The van der Waals surface area contributed by atoms with Crippen LogP contribution in [0.3, 0.4) is 0 Å². The van der Waals surface area contributed by atoms with Gasteiger partial charge in [-0.25, -0.2) is 9.37 Å². The van der Waals surface area contributed by atoms with Crippen LogP contribution in [0.15, 0.2) is 36.7 Å². The van der Waals surface area contributed by atoms with Crippen molar-refractivity contribution in [1.82, 2.24) is 9.38 Å². The van der Waals surface area contributed by atoms with E-state index in [4.69, 9.17) is 0 Å². The van der Waals surface area contributed by atoms with E-state index in [1.54, 1.807) is 0 Å². The van der Waals surface area contributed by atoms with E-state index in [-0.39, 0.29) is 16.8 Å². The van der Waals surface area contributed by atoms with Crippen LogP contribution in [-0.2, 0) is 0 Å². The first-order valence-electron chi connectivity index (χ1n) is 8.37. The SMILES string of the molecule is Cc1cc(-c2cnc3cc(F)ccn23)cc(OC(F)F)c1C(=O)CCC(F)(F)F. The lowest BCUT2D eigenvalue weighted by atomic mass is 9.96. The number of carbonyl (C=O) groups is 1. The Morgan fingerprint density at radius 3 is 2.62 bits per heavy atom. The second kappa shape index (κ2) is 7.76. The molecule has 0 spiro atoms. The Labute approximate surface area is 160 Å². The van der Waals surface area contributed by atoms with Gasteiger partial charge in [-0.1, -0.05) is 0 Å². The number of pyridine rings is 1. The van der Waals surface area contributed by atoms with Crippen LogP contribution in [0.2, 0.25) is 0 Å². The van der Waals surface area contributed by atoms with E-state index in [1.165, 1.54) is 41.9 Å². The molecule has 29 heavy (non-hydrogen) atoms. The predicted octanol–water partition coefficient (Wildman–Crippen LogP) is 5.58. The van der Waals surface area contributed by atoms with Crippen LogP contribution in [0.1, 0.15) is 28.8 Å². The van der Waals surface area contributed by atoms with Crippen molar-refractivity contribution in [1.29, 1.82) is 0 Å². The van der Waals surface area contributed by atoms with Crippen molar-refractivity contribution in [2.45, 2.75) is 32.6 Å². The van der Waals surface area contributed by atoms with Gasteiger partial charge in [-0.15, -0.1) is 0 Å². The number of imidazole rings is 1. The number of aromatic nitrogens is 2. The highest BCUT2D eigenvalue weighted by molar-refractivity contribution is 6.00. The number of fused-ring (bicyclic) bond motifs is 1. The van der Waals surface area contributed by atoms with Crippen molar-refractivity contribution >= 4 is 11.4 Å². The maximum atomic E-state index is 13.3. The smallest absolute Gasteiger partial charge is 0.389 e. The van der Waals surface area contributed by atoms with Crippen LogP contribution in [0.5, 0.6) is 5.75 Å². The molecule has 2 aromatic heterocycles. The van der Waals surface area contributed by atoms with Gasteiger partial charge in [0.25, 0.3) is 0 Å². The Hall–Kier alpha value is -3.04. The molecule has 0 bridgehead atoms. The Balaban J connectivity index is 2.06. The van der Waals surface area contributed by atoms with Gasteiger partial charge in [0.2, 0.25) is 0 Å². The lowest BCUT2D eigenvalue weighted by Crippen LogP contribution is -2.14. The third-order valence-electron chi connectivity index (χ3n) is 4.20. The monoisotopic (exact) mass is 416 g/mol. The molecule has 3 aromatic rings. The van der Waals surface area contributed by atoms with Gasteiger partial charge >= 0.3 is 12.8 Å². The summed E-state index contributed by atoms with van der Waals surface area (Å²) >= 11 is 0. The molecule has 0 radical (unpaired) electrons. The quantitative estimate of drug-likeness (QED) is 0.390. The van der Waals surface area contributed by atoms with Crippen molar-refractivity contribution in [2.75, 3.05) is 0 Å². The number of hydrogen-bond donors (Lipinski definition) is 0. The van der Waals surface area contributed by atoms with Gasteiger partial charge in [-0.3, -0.25) is 9.20 Å². The number of benzene rings is 1. The molecule has 1 aromatic carbocycles. The number of carbonyl (C=O) groups excluding carboxylic acids is 1. The minimum Gasteiger partial charge on any atom is -0.434 e. The van der Waals surface area contributed by atoms with Gasteiger partial charge in [-0.05, 0) is 30.7 Å². The van der Waals surface area contributed by atoms with Crippen molar-refractivity contribution in [2.24, 2.45) is 0 Å². The average Bonchev–Trinajstić information content (AvgIpc) is 3.01. The molecule has 0 unspecified atom stereocenters. The van der Waals surface area contributed by atoms with E-state index in [2.05, 4.69) is 9.72 Å². The summed E-state index contributed by atoms with van der Waals surface area (Å²) in [6.07, 6.45) is -4.06. The molecule has 0 N–H and O–H groups in total. The fourth-order valence-electron chi connectivity index (χ4n) is 3.00. The number of halogens is 6. The van der Waals surface area contributed by atoms with E-state index >= 15 is 0 Å². The van der Waals surface area contributed by atoms with Crippen LogP contribution < -0.4 is 4.74 Å². The second-order valence-corrected chi connectivity index (χ2v) is 6.30. The highest BCUT2D eigenvalue weighted by atomic mass is 19.4. The number of hydrogen-bond acceptors (Lipinski definition) is 3. The summed E-state index contributed by atoms with van der Waals surface area (Å²) in [6, 6.07) is 4.93. The first-order chi connectivity index (χ1) is 13.5. The minimum atomic E-state index is -4.56. The Morgan fingerprint density at radius 2 is 1.97 bits per heavy atom. The highest BCUT2D eigenvalue weighted by Crippen LogP contribution is 2.34. The molecule has 10 heteroatoms. The normalized spacial score (nSPS) is 12.0. The van der Waals surface area contributed by atoms with Crippen LogP contribution in [-0.4, -0.2) is 28.0 Å². The molecule has 0 saturated heterocycles. The summed E-state index contributed by atoms with van der Waals surface area (Å²) in [7, 11) is 0. The Kier molecular flexibility index (Phi) is 5.54. The number of ether oxygens (including phenoxy) is 1. The summed E-state index contributed by atoms with van der Waals surface area (Å²) < 4.78 is 82.3. The molecule has 3 rings (SSSR count). The summed E-state index contributed by atoms with van der Waals surface area (Å²) in [5, 5.41) is 0. The van der Waals surface area contributed by atoms with Crippen LogP contribution in [0.4, 0.5) is 26.3 Å². The van der Waals surface area contributed by atoms with E-state index in [0.29, 0.717) is 11.3 Å². The van der Waals surface area contributed by atoms with E-state index in [1.807, 2.05) is 0 Å². The molecule has 4 nitrogen and oxygen atoms in total. The molecular formula is C19H14F6N2O2. The van der Waals surface area contributed by atoms with Crippen LogP contribution in [0, 0.1) is 12.7 Å². The molecule has 0 aliphatic rings.